The van der Waals surface area contributed by atoms with Crippen LogP contribution in [0.4, 0.5) is 5.69 Å². The van der Waals surface area contributed by atoms with E-state index < -0.39 is 6.04 Å². The van der Waals surface area contributed by atoms with Gasteiger partial charge in [-0.2, -0.15) is 5.10 Å². The van der Waals surface area contributed by atoms with Crippen molar-refractivity contribution >= 4 is 23.2 Å². The second kappa shape index (κ2) is 6.27. The van der Waals surface area contributed by atoms with E-state index in [1.54, 1.807) is 29.1 Å². The summed E-state index contributed by atoms with van der Waals surface area (Å²) in [5.41, 5.74) is 0.658. The van der Waals surface area contributed by atoms with Gasteiger partial charge in [-0.15, -0.1) is 0 Å². The number of anilines is 1. The molecule has 1 atom stereocenters. The highest BCUT2D eigenvalue weighted by atomic mass is 35.5. The second-order valence-corrected chi connectivity index (χ2v) is 5.35. The van der Waals surface area contributed by atoms with E-state index in [-0.39, 0.29) is 5.91 Å². The minimum atomic E-state index is -0.416. The summed E-state index contributed by atoms with van der Waals surface area (Å²) < 4.78 is 12.5. The molecular formula is C15H16ClN3O3. The molecule has 1 aliphatic heterocycles. The van der Waals surface area contributed by atoms with Crippen LogP contribution in [0.1, 0.15) is 19.4 Å². The summed E-state index contributed by atoms with van der Waals surface area (Å²) in [6.45, 7) is 2.97. The molecule has 7 heteroatoms. The molecule has 6 nitrogen and oxygen atoms in total. The van der Waals surface area contributed by atoms with Crippen molar-refractivity contribution in [3.8, 4) is 11.5 Å². The number of halogens is 1. The Morgan fingerprint density at radius 3 is 2.86 bits per heavy atom. The number of aromatic nitrogens is 2. The molecule has 1 aromatic carbocycles. The standard InChI is InChI=1S/C15H16ClN3O3/c1-2-12(19-9-10(16)8-17-19)15(20)18-11-3-4-13-14(7-11)22-6-5-21-13/h3-4,7-9,12H,2,5-6H2,1H3,(H,18,20). The average molecular weight is 322 g/mol. The van der Waals surface area contributed by atoms with Gasteiger partial charge in [0, 0.05) is 18.0 Å². The lowest BCUT2D eigenvalue weighted by Gasteiger charge is -2.20. The molecule has 1 aromatic heterocycles. The first-order chi connectivity index (χ1) is 10.7. The van der Waals surface area contributed by atoms with Crippen molar-refractivity contribution in [3.63, 3.8) is 0 Å². The fourth-order valence-electron chi connectivity index (χ4n) is 2.32. The smallest absolute Gasteiger partial charge is 0.249 e. The second-order valence-electron chi connectivity index (χ2n) is 4.91. The van der Waals surface area contributed by atoms with Crippen molar-refractivity contribution in [2.75, 3.05) is 18.5 Å². The summed E-state index contributed by atoms with van der Waals surface area (Å²) in [6, 6.07) is 4.92. The molecule has 2 aromatic rings. The third kappa shape index (κ3) is 3.01. The van der Waals surface area contributed by atoms with Gasteiger partial charge in [-0.3, -0.25) is 9.48 Å². The predicted octanol–water partition coefficient (Wildman–Crippen LogP) is 2.90. The highest BCUT2D eigenvalue weighted by Gasteiger charge is 2.20. The van der Waals surface area contributed by atoms with E-state index in [0.29, 0.717) is 41.8 Å². The van der Waals surface area contributed by atoms with Crippen LogP contribution in [0.5, 0.6) is 11.5 Å². The molecule has 1 unspecified atom stereocenters. The molecule has 0 bridgehead atoms. The number of nitrogens with zero attached hydrogens (tertiary/aromatic N) is 2. The third-order valence-electron chi connectivity index (χ3n) is 3.39. The molecule has 0 saturated carbocycles. The van der Waals surface area contributed by atoms with Crippen molar-refractivity contribution < 1.29 is 14.3 Å². The van der Waals surface area contributed by atoms with E-state index in [1.807, 2.05) is 6.92 Å². The van der Waals surface area contributed by atoms with E-state index in [9.17, 15) is 4.79 Å². The Kier molecular flexibility index (Phi) is 4.20. The van der Waals surface area contributed by atoms with E-state index in [2.05, 4.69) is 10.4 Å². The minimum Gasteiger partial charge on any atom is -0.486 e. The zero-order chi connectivity index (χ0) is 15.5. The molecule has 0 spiro atoms. The Bertz CT molecular complexity index is 686. The van der Waals surface area contributed by atoms with E-state index >= 15 is 0 Å². The molecule has 22 heavy (non-hydrogen) atoms. The van der Waals surface area contributed by atoms with Crippen LogP contribution in [-0.2, 0) is 4.79 Å². The van der Waals surface area contributed by atoms with Crippen LogP contribution in [0, 0.1) is 0 Å². The number of ether oxygens (including phenoxy) is 2. The maximum absolute atomic E-state index is 12.4. The number of fused-ring (bicyclic) bond motifs is 1. The number of hydrogen-bond donors (Lipinski definition) is 1. The van der Waals surface area contributed by atoms with E-state index in [0.717, 1.165) is 0 Å². The first-order valence-corrected chi connectivity index (χ1v) is 7.45. The van der Waals surface area contributed by atoms with Crippen molar-refractivity contribution in [2.45, 2.75) is 19.4 Å². The summed E-state index contributed by atoms with van der Waals surface area (Å²) in [5.74, 6) is 1.17. The van der Waals surface area contributed by atoms with Crippen LogP contribution in [-0.4, -0.2) is 28.9 Å². The molecule has 1 N–H and O–H groups in total. The lowest BCUT2D eigenvalue weighted by molar-refractivity contribution is -0.119. The van der Waals surface area contributed by atoms with Gasteiger partial charge in [-0.05, 0) is 18.6 Å². The van der Waals surface area contributed by atoms with Crippen molar-refractivity contribution in [2.24, 2.45) is 0 Å². The molecule has 2 heterocycles. The van der Waals surface area contributed by atoms with Crippen LogP contribution in [0.15, 0.2) is 30.6 Å². The lowest BCUT2D eigenvalue weighted by Crippen LogP contribution is -2.26. The van der Waals surface area contributed by atoms with Crippen LogP contribution in [0.2, 0.25) is 5.02 Å². The van der Waals surface area contributed by atoms with Gasteiger partial charge >= 0.3 is 0 Å². The normalized spacial score (nSPS) is 14.5. The average Bonchev–Trinajstić information content (AvgIpc) is 2.94. The topological polar surface area (TPSA) is 65.4 Å². The molecule has 0 fully saturated rings. The monoisotopic (exact) mass is 321 g/mol. The van der Waals surface area contributed by atoms with Gasteiger partial charge in [0.2, 0.25) is 5.91 Å². The highest BCUT2D eigenvalue weighted by molar-refractivity contribution is 6.30. The third-order valence-corrected chi connectivity index (χ3v) is 3.58. The molecule has 0 saturated heterocycles. The van der Waals surface area contributed by atoms with Crippen molar-refractivity contribution in [3.05, 3.63) is 35.6 Å². The van der Waals surface area contributed by atoms with Crippen LogP contribution >= 0.6 is 11.6 Å². The Hall–Kier alpha value is -2.21. The first kappa shape index (κ1) is 14.7. The largest absolute Gasteiger partial charge is 0.486 e. The van der Waals surface area contributed by atoms with Gasteiger partial charge in [-0.25, -0.2) is 0 Å². The predicted molar refractivity (Wildman–Crippen MR) is 82.6 cm³/mol. The molecule has 3 rings (SSSR count). The van der Waals surface area contributed by atoms with Crippen LogP contribution in [0.3, 0.4) is 0 Å². The maximum Gasteiger partial charge on any atom is 0.249 e. The first-order valence-electron chi connectivity index (χ1n) is 7.07. The van der Waals surface area contributed by atoms with Crippen molar-refractivity contribution in [1.29, 1.82) is 0 Å². The number of carbonyl (C=O) groups is 1. The summed E-state index contributed by atoms with van der Waals surface area (Å²) in [5, 5.41) is 7.48. The van der Waals surface area contributed by atoms with Gasteiger partial charge in [0.15, 0.2) is 11.5 Å². The Balaban J connectivity index is 1.75. The summed E-state index contributed by atoms with van der Waals surface area (Å²) in [6.07, 6.45) is 3.76. The van der Waals surface area contributed by atoms with Gasteiger partial charge in [0.25, 0.3) is 0 Å². The van der Waals surface area contributed by atoms with Gasteiger partial charge < -0.3 is 14.8 Å². The number of hydrogen-bond acceptors (Lipinski definition) is 4. The zero-order valence-electron chi connectivity index (χ0n) is 12.1. The molecule has 116 valence electrons. The number of amides is 1. The van der Waals surface area contributed by atoms with Crippen LogP contribution < -0.4 is 14.8 Å². The quantitative estimate of drug-likeness (QED) is 0.940. The van der Waals surface area contributed by atoms with Crippen LogP contribution in [0.25, 0.3) is 0 Å². The molecule has 1 aliphatic rings. The van der Waals surface area contributed by atoms with E-state index in [4.69, 9.17) is 21.1 Å². The Labute approximate surface area is 133 Å². The van der Waals surface area contributed by atoms with Gasteiger partial charge in [0.05, 0.1) is 11.2 Å². The number of rotatable bonds is 4. The fraction of sp³-hybridized carbons (Fsp3) is 0.333. The number of carbonyl (C=O) groups excluding carboxylic acids is 1. The van der Waals surface area contributed by atoms with Gasteiger partial charge in [-0.1, -0.05) is 18.5 Å². The minimum absolute atomic E-state index is 0.154. The Morgan fingerprint density at radius 2 is 2.18 bits per heavy atom. The number of benzene rings is 1. The van der Waals surface area contributed by atoms with Crippen molar-refractivity contribution in [1.82, 2.24) is 9.78 Å². The summed E-state index contributed by atoms with van der Waals surface area (Å²) in [4.78, 5) is 12.4. The summed E-state index contributed by atoms with van der Waals surface area (Å²) in [7, 11) is 0. The SMILES string of the molecule is CCC(C(=O)Nc1ccc2c(c1)OCCO2)n1cc(Cl)cn1. The molecule has 1 amide bonds. The molecule has 0 radical (unpaired) electrons. The maximum atomic E-state index is 12.4. The Morgan fingerprint density at radius 1 is 1.41 bits per heavy atom. The highest BCUT2D eigenvalue weighted by Crippen LogP contribution is 2.32. The number of nitrogens with one attached hydrogen (secondary N) is 1. The fourth-order valence-corrected chi connectivity index (χ4v) is 2.47. The zero-order valence-corrected chi connectivity index (χ0v) is 12.8. The molecule has 0 aliphatic carbocycles. The summed E-state index contributed by atoms with van der Waals surface area (Å²) >= 11 is 5.86. The van der Waals surface area contributed by atoms with E-state index in [1.165, 1.54) is 6.20 Å². The molecular weight excluding hydrogens is 306 g/mol. The van der Waals surface area contributed by atoms with Gasteiger partial charge in [0.1, 0.15) is 19.3 Å². The lowest BCUT2D eigenvalue weighted by atomic mass is 10.2.